The van der Waals surface area contributed by atoms with Gasteiger partial charge in [0, 0.05) is 12.0 Å². The molecule has 0 saturated heterocycles. The van der Waals surface area contributed by atoms with Crippen molar-refractivity contribution in [1.29, 1.82) is 0 Å². The van der Waals surface area contributed by atoms with E-state index in [0.29, 0.717) is 5.56 Å². The van der Waals surface area contributed by atoms with Gasteiger partial charge in [0.05, 0.1) is 0 Å². The quantitative estimate of drug-likeness (QED) is 0.681. The van der Waals surface area contributed by atoms with Crippen LogP contribution in [0, 0.1) is 11.6 Å². The second-order valence-corrected chi connectivity index (χ2v) is 3.17. The predicted molar refractivity (Wildman–Crippen MR) is 41.7 cm³/mol. The molecule has 1 aliphatic rings. The Morgan fingerprint density at radius 1 is 1.33 bits per heavy atom. The minimum Gasteiger partial charge on any atom is -0.327 e. The third-order valence-electron chi connectivity index (χ3n) is 2.20. The molecule has 0 radical (unpaired) electrons. The summed E-state index contributed by atoms with van der Waals surface area (Å²) in [6, 6.07) is 3.51. The largest absolute Gasteiger partial charge is 0.327 e. The first-order valence-electron chi connectivity index (χ1n) is 3.89. The average Bonchev–Trinajstić information content (AvgIpc) is 2.73. The maximum Gasteiger partial charge on any atom is 0.126 e. The highest BCUT2D eigenvalue weighted by atomic mass is 19.1. The average molecular weight is 169 g/mol. The van der Waals surface area contributed by atoms with Crippen molar-refractivity contribution >= 4 is 0 Å². The molecule has 64 valence electrons. The minimum absolute atomic E-state index is 0.0151. The van der Waals surface area contributed by atoms with Crippen LogP contribution in [0.5, 0.6) is 0 Å². The molecule has 1 aromatic rings. The van der Waals surface area contributed by atoms with Crippen LogP contribution in [0.2, 0.25) is 0 Å². The number of nitrogens with two attached hydrogens (primary N) is 1. The van der Waals surface area contributed by atoms with Crippen molar-refractivity contribution in [2.24, 2.45) is 5.73 Å². The van der Waals surface area contributed by atoms with E-state index in [-0.39, 0.29) is 17.8 Å². The van der Waals surface area contributed by atoms with Crippen LogP contribution in [0.1, 0.15) is 17.9 Å². The zero-order valence-electron chi connectivity index (χ0n) is 6.43. The van der Waals surface area contributed by atoms with Crippen molar-refractivity contribution in [3.63, 3.8) is 0 Å². The Labute approximate surface area is 69.2 Å². The maximum atomic E-state index is 13.0. The lowest BCUT2D eigenvalue weighted by molar-refractivity contribution is 0.584. The Kier molecular flexibility index (Phi) is 1.61. The van der Waals surface area contributed by atoms with Crippen molar-refractivity contribution < 1.29 is 8.78 Å². The lowest BCUT2D eigenvalue weighted by Gasteiger charge is -2.00. The van der Waals surface area contributed by atoms with Gasteiger partial charge in [0.15, 0.2) is 0 Å². The molecule has 0 amide bonds. The summed E-state index contributed by atoms with van der Waals surface area (Å²) >= 11 is 0. The van der Waals surface area contributed by atoms with Gasteiger partial charge in [-0.15, -0.1) is 0 Å². The standard InChI is InChI=1S/C9H9F2N/c10-5-1-2-8(11)6(3-5)7-4-9(7)12/h1-3,7,9H,4,12H2/t7-,9-/m0/s1. The van der Waals surface area contributed by atoms with Crippen LogP contribution in [-0.2, 0) is 0 Å². The first kappa shape index (κ1) is 7.68. The van der Waals surface area contributed by atoms with Gasteiger partial charge in [-0.3, -0.25) is 0 Å². The molecule has 0 unspecified atom stereocenters. The molecule has 2 rings (SSSR count). The maximum absolute atomic E-state index is 13.0. The zero-order valence-corrected chi connectivity index (χ0v) is 6.43. The van der Waals surface area contributed by atoms with Crippen LogP contribution < -0.4 is 5.73 Å². The van der Waals surface area contributed by atoms with Crippen molar-refractivity contribution in [1.82, 2.24) is 0 Å². The lowest BCUT2D eigenvalue weighted by atomic mass is 10.1. The van der Waals surface area contributed by atoms with Crippen molar-refractivity contribution in [2.45, 2.75) is 18.4 Å². The highest BCUT2D eigenvalue weighted by Crippen LogP contribution is 2.40. The lowest BCUT2D eigenvalue weighted by Crippen LogP contribution is -2.02. The highest BCUT2D eigenvalue weighted by Gasteiger charge is 2.36. The Hall–Kier alpha value is -0.960. The van der Waals surface area contributed by atoms with Crippen molar-refractivity contribution in [2.75, 3.05) is 0 Å². The summed E-state index contributed by atoms with van der Waals surface area (Å²) in [5, 5.41) is 0. The summed E-state index contributed by atoms with van der Waals surface area (Å²) in [5.74, 6) is -0.722. The number of rotatable bonds is 1. The van der Waals surface area contributed by atoms with Crippen LogP contribution in [0.4, 0.5) is 8.78 Å². The van der Waals surface area contributed by atoms with Gasteiger partial charge in [-0.25, -0.2) is 8.78 Å². The van der Waals surface area contributed by atoms with E-state index in [1.807, 2.05) is 0 Å². The topological polar surface area (TPSA) is 26.0 Å². The van der Waals surface area contributed by atoms with Crippen molar-refractivity contribution in [3.8, 4) is 0 Å². The van der Waals surface area contributed by atoms with E-state index in [0.717, 1.165) is 18.6 Å². The molecule has 0 spiro atoms. The SMILES string of the molecule is N[C@H]1C[C@H]1c1cc(F)ccc1F. The molecule has 3 heteroatoms. The van der Waals surface area contributed by atoms with Gasteiger partial charge in [-0.1, -0.05) is 0 Å². The third-order valence-corrected chi connectivity index (χ3v) is 2.20. The molecule has 0 heterocycles. The molecule has 0 bridgehead atoms. The first-order valence-corrected chi connectivity index (χ1v) is 3.89. The summed E-state index contributed by atoms with van der Waals surface area (Å²) in [6.07, 6.45) is 0.764. The summed E-state index contributed by atoms with van der Waals surface area (Å²) in [4.78, 5) is 0. The molecule has 12 heavy (non-hydrogen) atoms. The van der Waals surface area contributed by atoms with E-state index < -0.39 is 5.82 Å². The number of hydrogen-bond acceptors (Lipinski definition) is 1. The second-order valence-electron chi connectivity index (χ2n) is 3.17. The van der Waals surface area contributed by atoms with Gasteiger partial charge < -0.3 is 5.73 Å². The Bertz CT molecular complexity index is 311. The molecule has 0 aromatic heterocycles. The molecule has 1 saturated carbocycles. The van der Waals surface area contributed by atoms with Crippen molar-refractivity contribution in [3.05, 3.63) is 35.4 Å². The Morgan fingerprint density at radius 3 is 2.58 bits per heavy atom. The van der Waals surface area contributed by atoms with Crippen LogP contribution in [0.25, 0.3) is 0 Å². The number of hydrogen-bond donors (Lipinski definition) is 1. The fourth-order valence-electron chi connectivity index (χ4n) is 1.37. The molecule has 2 N–H and O–H groups in total. The monoisotopic (exact) mass is 169 g/mol. The second kappa shape index (κ2) is 2.52. The van der Waals surface area contributed by atoms with E-state index in [2.05, 4.69) is 0 Å². The first-order chi connectivity index (χ1) is 5.68. The van der Waals surface area contributed by atoms with E-state index in [1.165, 1.54) is 6.07 Å². The van der Waals surface area contributed by atoms with E-state index in [4.69, 9.17) is 5.73 Å². The number of halogens is 2. The highest BCUT2D eigenvalue weighted by molar-refractivity contribution is 5.29. The summed E-state index contributed by atoms with van der Waals surface area (Å²) in [7, 11) is 0. The van der Waals surface area contributed by atoms with Crippen LogP contribution in [0.3, 0.4) is 0 Å². The molecule has 1 aliphatic carbocycles. The Morgan fingerprint density at radius 2 is 2.00 bits per heavy atom. The number of benzene rings is 1. The summed E-state index contributed by atoms with van der Waals surface area (Å²) in [6.45, 7) is 0. The third kappa shape index (κ3) is 1.20. The van der Waals surface area contributed by atoms with E-state index >= 15 is 0 Å². The van der Waals surface area contributed by atoms with E-state index in [1.54, 1.807) is 0 Å². The molecule has 1 nitrogen and oxygen atoms in total. The predicted octanol–water partition coefficient (Wildman–Crippen LogP) is 1.78. The normalized spacial score (nSPS) is 27.2. The smallest absolute Gasteiger partial charge is 0.126 e. The van der Waals surface area contributed by atoms with Gasteiger partial charge >= 0.3 is 0 Å². The summed E-state index contributed by atoms with van der Waals surface area (Å²) < 4.78 is 25.7. The van der Waals surface area contributed by atoms with Gasteiger partial charge in [0.2, 0.25) is 0 Å². The van der Waals surface area contributed by atoms with Crippen LogP contribution in [0.15, 0.2) is 18.2 Å². The molecular formula is C9H9F2N. The molecule has 0 aliphatic heterocycles. The van der Waals surface area contributed by atoms with Gasteiger partial charge in [0.1, 0.15) is 11.6 Å². The Balaban J connectivity index is 2.36. The summed E-state index contributed by atoms with van der Waals surface area (Å²) in [5.41, 5.74) is 5.95. The fraction of sp³-hybridized carbons (Fsp3) is 0.333. The van der Waals surface area contributed by atoms with Gasteiger partial charge in [0.25, 0.3) is 0 Å². The molecule has 1 aromatic carbocycles. The van der Waals surface area contributed by atoms with Gasteiger partial charge in [-0.05, 0) is 30.2 Å². The molecule has 1 fully saturated rings. The van der Waals surface area contributed by atoms with E-state index in [9.17, 15) is 8.78 Å². The zero-order chi connectivity index (χ0) is 8.72. The minimum atomic E-state index is -0.398. The van der Waals surface area contributed by atoms with Crippen LogP contribution >= 0.6 is 0 Å². The van der Waals surface area contributed by atoms with Gasteiger partial charge in [-0.2, -0.15) is 0 Å². The van der Waals surface area contributed by atoms with Crippen LogP contribution in [-0.4, -0.2) is 6.04 Å². The fourth-order valence-corrected chi connectivity index (χ4v) is 1.37. The molecular weight excluding hydrogens is 160 g/mol. The molecule has 2 atom stereocenters.